The number of amides is 1. The van der Waals surface area contributed by atoms with Crippen LogP contribution in [-0.2, 0) is 0 Å². The maximum absolute atomic E-state index is 12.7. The fraction of sp³-hybridized carbons (Fsp3) is 0.450. The summed E-state index contributed by atoms with van der Waals surface area (Å²) in [5.41, 5.74) is 3.84. The van der Waals surface area contributed by atoms with Crippen LogP contribution in [0.5, 0.6) is 0 Å². The molecule has 25 heavy (non-hydrogen) atoms. The molecular formula is C20H26N4O. The highest BCUT2D eigenvalue weighted by Gasteiger charge is 2.27. The van der Waals surface area contributed by atoms with Crippen LogP contribution in [0, 0.1) is 13.8 Å². The second kappa shape index (κ2) is 7.64. The predicted octanol–water partition coefficient (Wildman–Crippen LogP) is 4.24. The summed E-state index contributed by atoms with van der Waals surface area (Å²) >= 11 is 0. The average Bonchev–Trinajstić information content (AvgIpc) is 2.65. The lowest BCUT2D eigenvalue weighted by Gasteiger charge is -2.34. The lowest BCUT2D eigenvalue weighted by Crippen LogP contribution is -2.43. The smallest absolute Gasteiger partial charge is 0.274 e. The number of aromatic nitrogens is 2. The zero-order valence-corrected chi connectivity index (χ0v) is 15.2. The number of aryl methyl sites for hydroxylation is 1. The molecular weight excluding hydrogens is 312 g/mol. The van der Waals surface area contributed by atoms with Crippen LogP contribution in [0.4, 0.5) is 11.5 Å². The predicted molar refractivity (Wildman–Crippen MR) is 100 cm³/mol. The maximum Gasteiger partial charge on any atom is 0.274 e. The SMILES string of the molecule is CCC1CCCCN1C(=O)c1ccc(Nc2cccc(C)c2C)nn1. The van der Waals surface area contributed by atoms with Crippen molar-refractivity contribution >= 4 is 17.4 Å². The van der Waals surface area contributed by atoms with E-state index in [2.05, 4.69) is 42.4 Å². The quantitative estimate of drug-likeness (QED) is 0.906. The summed E-state index contributed by atoms with van der Waals surface area (Å²) in [7, 11) is 0. The van der Waals surface area contributed by atoms with Crippen LogP contribution in [-0.4, -0.2) is 33.6 Å². The largest absolute Gasteiger partial charge is 0.339 e. The molecule has 1 aliphatic heterocycles. The van der Waals surface area contributed by atoms with E-state index in [9.17, 15) is 4.79 Å². The van der Waals surface area contributed by atoms with Gasteiger partial charge >= 0.3 is 0 Å². The number of piperidine rings is 1. The molecule has 1 unspecified atom stereocenters. The van der Waals surface area contributed by atoms with E-state index < -0.39 is 0 Å². The summed E-state index contributed by atoms with van der Waals surface area (Å²) in [5.74, 6) is 0.647. The van der Waals surface area contributed by atoms with Crippen LogP contribution in [0.15, 0.2) is 30.3 Å². The van der Waals surface area contributed by atoms with Gasteiger partial charge in [0.05, 0.1) is 0 Å². The first-order valence-corrected chi connectivity index (χ1v) is 9.08. The maximum atomic E-state index is 12.7. The molecule has 1 N–H and O–H groups in total. The minimum atomic E-state index is -0.00247. The minimum Gasteiger partial charge on any atom is -0.339 e. The lowest BCUT2D eigenvalue weighted by molar-refractivity contribution is 0.0601. The van der Waals surface area contributed by atoms with Crippen molar-refractivity contribution in [2.75, 3.05) is 11.9 Å². The third-order valence-electron chi connectivity index (χ3n) is 5.11. The van der Waals surface area contributed by atoms with Gasteiger partial charge in [0.1, 0.15) is 0 Å². The van der Waals surface area contributed by atoms with Gasteiger partial charge in [0, 0.05) is 18.3 Å². The minimum absolute atomic E-state index is 0.00247. The van der Waals surface area contributed by atoms with Crippen molar-refractivity contribution in [2.24, 2.45) is 0 Å². The molecule has 0 aliphatic carbocycles. The molecule has 3 rings (SSSR count). The highest BCUT2D eigenvalue weighted by atomic mass is 16.2. The van der Waals surface area contributed by atoms with Gasteiger partial charge in [0.15, 0.2) is 11.5 Å². The number of carbonyl (C=O) groups is 1. The van der Waals surface area contributed by atoms with Gasteiger partial charge in [-0.25, -0.2) is 0 Å². The first-order chi connectivity index (χ1) is 12.1. The van der Waals surface area contributed by atoms with Crippen LogP contribution in [0.3, 0.4) is 0 Å². The summed E-state index contributed by atoms with van der Waals surface area (Å²) in [6.07, 6.45) is 4.35. The van der Waals surface area contributed by atoms with Crippen molar-refractivity contribution < 1.29 is 4.79 Å². The molecule has 2 aromatic rings. The molecule has 1 aromatic carbocycles. The normalized spacial score (nSPS) is 17.4. The van der Waals surface area contributed by atoms with Crippen LogP contribution in [0.1, 0.15) is 54.2 Å². The molecule has 132 valence electrons. The van der Waals surface area contributed by atoms with Gasteiger partial charge < -0.3 is 10.2 Å². The topological polar surface area (TPSA) is 58.1 Å². The Bertz CT molecular complexity index is 742. The van der Waals surface area contributed by atoms with Crippen molar-refractivity contribution in [3.63, 3.8) is 0 Å². The molecule has 1 saturated heterocycles. The molecule has 5 heteroatoms. The van der Waals surface area contributed by atoms with E-state index in [0.717, 1.165) is 31.5 Å². The molecule has 5 nitrogen and oxygen atoms in total. The van der Waals surface area contributed by atoms with Crippen molar-refractivity contribution in [1.82, 2.24) is 15.1 Å². The second-order valence-electron chi connectivity index (χ2n) is 6.73. The van der Waals surface area contributed by atoms with Crippen molar-refractivity contribution in [3.05, 3.63) is 47.2 Å². The van der Waals surface area contributed by atoms with Gasteiger partial charge in [0.2, 0.25) is 0 Å². The third-order valence-corrected chi connectivity index (χ3v) is 5.11. The Balaban J connectivity index is 1.73. The van der Waals surface area contributed by atoms with E-state index in [1.807, 2.05) is 23.1 Å². The Labute approximate surface area is 149 Å². The number of hydrogen-bond acceptors (Lipinski definition) is 4. The summed E-state index contributed by atoms with van der Waals surface area (Å²) in [5, 5.41) is 11.7. The Kier molecular flexibility index (Phi) is 5.31. The molecule has 1 atom stereocenters. The number of likely N-dealkylation sites (tertiary alicyclic amines) is 1. The Morgan fingerprint density at radius 3 is 2.76 bits per heavy atom. The molecule has 0 spiro atoms. The Morgan fingerprint density at radius 2 is 2.04 bits per heavy atom. The number of nitrogens with one attached hydrogen (secondary N) is 1. The first kappa shape index (κ1) is 17.4. The van der Waals surface area contributed by atoms with E-state index in [1.165, 1.54) is 17.5 Å². The van der Waals surface area contributed by atoms with Gasteiger partial charge in [-0.05, 0) is 68.9 Å². The van der Waals surface area contributed by atoms with Crippen LogP contribution >= 0.6 is 0 Å². The summed E-state index contributed by atoms with van der Waals surface area (Å²) in [6.45, 7) is 7.11. The van der Waals surface area contributed by atoms with Crippen molar-refractivity contribution in [1.29, 1.82) is 0 Å². The zero-order chi connectivity index (χ0) is 17.8. The number of rotatable bonds is 4. The monoisotopic (exact) mass is 338 g/mol. The average molecular weight is 338 g/mol. The molecule has 0 bridgehead atoms. The van der Waals surface area contributed by atoms with E-state index >= 15 is 0 Å². The van der Waals surface area contributed by atoms with Gasteiger partial charge in [-0.15, -0.1) is 10.2 Å². The van der Waals surface area contributed by atoms with Gasteiger partial charge in [-0.1, -0.05) is 19.1 Å². The molecule has 1 amide bonds. The molecule has 1 aliphatic rings. The highest BCUT2D eigenvalue weighted by Crippen LogP contribution is 2.23. The fourth-order valence-electron chi connectivity index (χ4n) is 3.38. The summed E-state index contributed by atoms with van der Waals surface area (Å²) < 4.78 is 0. The van der Waals surface area contributed by atoms with E-state index in [1.54, 1.807) is 6.07 Å². The third kappa shape index (κ3) is 3.81. The van der Waals surface area contributed by atoms with E-state index in [4.69, 9.17) is 0 Å². The number of hydrogen-bond donors (Lipinski definition) is 1. The molecule has 0 saturated carbocycles. The second-order valence-corrected chi connectivity index (χ2v) is 6.73. The van der Waals surface area contributed by atoms with Crippen LogP contribution < -0.4 is 5.32 Å². The molecule has 0 radical (unpaired) electrons. The first-order valence-electron chi connectivity index (χ1n) is 9.08. The van der Waals surface area contributed by atoms with E-state index in [0.29, 0.717) is 17.6 Å². The zero-order valence-electron chi connectivity index (χ0n) is 15.2. The molecule has 2 heterocycles. The fourth-order valence-corrected chi connectivity index (χ4v) is 3.38. The summed E-state index contributed by atoms with van der Waals surface area (Å²) in [4.78, 5) is 14.7. The van der Waals surface area contributed by atoms with Crippen LogP contribution in [0.25, 0.3) is 0 Å². The molecule has 1 aromatic heterocycles. The van der Waals surface area contributed by atoms with Crippen LogP contribution in [0.2, 0.25) is 0 Å². The van der Waals surface area contributed by atoms with Crippen molar-refractivity contribution in [3.8, 4) is 0 Å². The number of carbonyl (C=O) groups excluding carboxylic acids is 1. The van der Waals surface area contributed by atoms with Gasteiger partial charge in [-0.3, -0.25) is 4.79 Å². The lowest BCUT2D eigenvalue weighted by atomic mass is 9.99. The van der Waals surface area contributed by atoms with Gasteiger partial charge in [0.25, 0.3) is 5.91 Å². The number of nitrogens with zero attached hydrogens (tertiary/aromatic N) is 3. The van der Waals surface area contributed by atoms with E-state index in [-0.39, 0.29) is 5.91 Å². The number of benzene rings is 1. The van der Waals surface area contributed by atoms with Crippen molar-refractivity contribution in [2.45, 2.75) is 52.5 Å². The standard InChI is InChI=1S/C20H26N4O/c1-4-16-9-5-6-13-24(16)20(25)18-11-12-19(23-22-18)21-17-10-7-8-14(2)15(17)3/h7-8,10-12,16H,4-6,9,13H2,1-3H3,(H,21,23). The Hall–Kier alpha value is -2.43. The Morgan fingerprint density at radius 1 is 1.20 bits per heavy atom. The molecule has 1 fully saturated rings. The van der Waals surface area contributed by atoms with Gasteiger partial charge in [-0.2, -0.15) is 0 Å². The highest BCUT2D eigenvalue weighted by molar-refractivity contribution is 5.92. The number of anilines is 2. The summed E-state index contributed by atoms with van der Waals surface area (Å²) in [6, 6.07) is 10.0.